The van der Waals surface area contributed by atoms with E-state index >= 15 is 0 Å². The van der Waals surface area contributed by atoms with Gasteiger partial charge in [0.15, 0.2) is 0 Å². The van der Waals surface area contributed by atoms with Crippen LogP contribution in [0, 0.1) is 11.3 Å². The average molecular weight is 282 g/mol. The van der Waals surface area contributed by atoms with Crippen LogP contribution in [0.25, 0.3) is 0 Å². The Morgan fingerprint density at radius 1 is 1.19 bits per heavy atom. The zero-order valence-electron chi connectivity index (χ0n) is 10.7. The van der Waals surface area contributed by atoms with Gasteiger partial charge >= 0.3 is 5.69 Å². The van der Waals surface area contributed by atoms with Crippen LogP contribution >= 0.6 is 0 Å². The lowest BCUT2D eigenvalue weighted by Crippen LogP contribution is -2.33. The molecule has 0 aliphatic carbocycles. The van der Waals surface area contributed by atoms with Crippen molar-refractivity contribution in [2.24, 2.45) is 5.73 Å². The van der Waals surface area contributed by atoms with Crippen molar-refractivity contribution in [2.75, 3.05) is 0 Å². The third kappa shape index (κ3) is 1.99. The standard InChI is InChI=1S/C14H10N4O3/c15-6-8-9(7-4-2-1-3-5-7)10-12(19)17-14(20)18-13(10)21-11(8)16/h1-5,9H,16H2,(H2,17,18,19,20)/t9-/m0/s1. The molecule has 1 aliphatic rings. The van der Waals surface area contributed by atoms with Crippen molar-refractivity contribution in [1.29, 1.82) is 5.26 Å². The number of hydrogen-bond acceptors (Lipinski definition) is 5. The van der Waals surface area contributed by atoms with Gasteiger partial charge in [0, 0.05) is 0 Å². The lowest BCUT2D eigenvalue weighted by Gasteiger charge is -2.24. The molecule has 2 aromatic rings. The van der Waals surface area contributed by atoms with Crippen LogP contribution in [0.2, 0.25) is 0 Å². The molecule has 0 bridgehead atoms. The molecule has 0 unspecified atom stereocenters. The molecule has 1 aliphatic heterocycles. The Balaban J connectivity index is 2.34. The normalized spacial score (nSPS) is 16.8. The van der Waals surface area contributed by atoms with Gasteiger partial charge in [0.25, 0.3) is 5.56 Å². The largest absolute Gasteiger partial charge is 0.424 e. The van der Waals surface area contributed by atoms with Crippen LogP contribution in [-0.4, -0.2) is 9.97 Å². The summed E-state index contributed by atoms with van der Waals surface area (Å²) < 4.78 is 5.21. The molecule has 1 aromatic carbocycles. The van der Waals surface area contributed by atoms with Gasteiger partial charge in [0.1, 0.15) is 11.6 Å². The highest BCUT2D eigenvalue weighted by atomic mass is 16.5. The summed E-state index contributed by atoms with van der Waals surface area (Å²) in [6.45, 7) is 0. The minimum atomic E-state index is -0.696. The molecule has 0 saturated carbocycles. The van der Waals surface area contributed by atoms with Crippen LogP contribution < -0.4 is 21.7 Å². The Kier molecular flexibility index (Phi) is 2.84. The van der Waals surface area contributed by atoms with Crippen LogP contribution in [0.1, 0.15) is 17.0 Å². The van der Waals surface area contributed by atoms with Gasteiger partial charge in [-0.15, -0.1) is 0 Å². The number of nitrogens with two attached hydrogens (primary N) is 1. The van der Waals surface area contributed by atoms with E-state index < -0.39 is 17.2 Å². The number of benzene rings is 1. The smallest absolute Gasteiger partial charge is 0.328 e. The molecule has 104 valence electrons. The first-order valence-electron chi connectivity index (χ1n) is 6.11. The maximum atomic E-state index is 12.1. The molecule has 3 rings (SSSR count). The van der Waals surface area contributed by atoms with Crippen molar-refractivity contribution in [1.82, 2.24) is 9.97 Å². The first-order valence-corrected chi connectivity index (χ1v) is 6.11. The van der Waals surface area contributed by atoms with Crippen molar-refractivity contribution >= 4 is 0 Å². The van der Waals surface area contributed by atoms with E-state index in [9.17, 15) is 14.9 Å². The van der Waals surface area contributed by atoms with Gasteiger partial charge in [-0.1, -0.05) is 30.3 Å². The number of ether oxygens (including phenoxy) is 1. The quantitative estimate of drug-likeness (QED) is 0.692. The Labute approximate surface area is 118 Å². The maximum Gasteiger partial charge on any atom is 0.328 e. The number of H-pyrrole nitrogens is 2. The molecule has 0 saturated heterocycles. The van der Waals surface area contributed by atoms with Gasteiger partial charge in [0.05, 0.1) is 11.5 Å². The summed E-state index contributed by atoms with van der Waals surface area (Å²) in [6.07, 6.45) is 0. The summed E-state index contributed by atoms with van der Waals surface area (Å²) in [5, 5.41) is 9.31. The van der Waals surface area contributed by atoms with E-state index in [1.54, 1.807) is 24.3 Å². The SMILES string of the molecule is N#CC1=C(N)Oc2[nH]c(=O)[nH]c(=O)c2[C@H]1c1ccccc1. The Hall–Kier alpha value is -3.27. The lowest BCUT2D eigenvalue weighted by molar-refractivity contribution is 0.373. The Morgan fingerprint density at radius 3 is 2.57 bits per heavy atom. The summed E-state index contributed by atoms with van der Waals surface area (Å²) in [5.41, 5.74) is 5.43. The number of nitrogens with zero attached hydrogens (tertiary/aromatic N) is 1. The summed E-state index contributed by atoms with van der Waals surface area (Å²) in [7, 11) is 0. The number of rotatable bonds is 1. The fourth-order valence-corrected chi connectivity index (χ4v) is 2.37. The first kappa shape index (κ1) is 12.7. The van der Waals surface area contributed by atoms with Crippen LogP contribution in [0.5, 0.6) is 5.88 Å². The molecule has 7 nitrogen and oxygen atoms in total. The van der Waals surface area contributed by atoms with Crippen molar-refractivity contribution < 1.29 is 4.74 Å². The predicted octanol–water partition coefficient (Wildman–Crippen LogP) is 0.281. The summed E-state index contributed by atoms with van der Waals surface area (Å²) >= 11 is 0. The number of allylic oxidation sites excluding steroid dienone is 1. The van der Waals surface area contributed by atoms with E-state index in [-0.39, 0.29) is 22.9 Å². The van der Waals surface area contributed by atoms with E-state index in [1.165, 1.54) is 0 Å². The molecule has 21 heavy (non-hydrogen) atoms. The fourth-order valence-electron chi connectivity index (χ4n) is 2.37. The highest BCUT2D eigenvalue weighted by molar-refractivity contribution is 5.52. The third-order valence-electron chi connectivity index (χ3n) is 3.25. The molecule has 1 atom stereocenters. The summed E-state index contributed by atoms with van der Waals surface area (Å²) in [4.78, 5) is 28.0. The number of nitrogens with one attached hydrogen (secondary N) is 2. The molecular formula is C14H10N4O3. The predicted molar refractivity (Wildman–Crippen MR) is 73.4 cm³/mol. The van der Waals surface area contributed by atoms with E-state index in [0.29, 0.717) is 5.56 Å². The van der Waals surface area contributed by atoms with Crippen LogP contribution in [0.4, 0.5) is 0 Å². The molecule has 0 fully saturated rings. The van der Waals surface area contributed by atoms with Gasteiger partial charge < -0.3 is 10.5 Å². The van der Waals surface area contributed by atoms with Crippen molar-refractivity contribution in [3.05, 3.63) is 73.8 Å². The number of aromatic amines is 2. The van der Waals surface area contributed by atoms with Crippen LogP contribution in [-0.2, 0) is 0 Å². The molecule has 0 radical (unpaired) electrons. The van der Waals surface area contributed by atoms with Gasteiger partial charge in [0.2, 0.25) is 11.8 Å². The summed E-state index contributed by atoms with van der Waals surface area (Å²) in [6, 6.07) is 10.9. The Bertz CT molecular complexity index is 887. The van der Waals surface area contributed by atoms with Crippen molar-refractivity contribution in [3.8, 4) is 11.9 Å². The average Bonchev–Trinajstić information content (AvgIpc) is 2.46. The van der Waals surface area contributed by atoms with Crippen LogP contribution in [0.15, 0.2) is 51.4 Å². The highest BCUT2D eigenvalue weighted by Gasteiger charge is 2.33. The van der Waals surface area contributed by atoms with Gasteiger partial charge in [-0.25, -0.2) is 4.79 Å². The first-order chi connectivity index (χ1) is 10.1. The maximum absolute atomic E-state index is 12.1. The second-order valence-electron chi connectivity index (χ2n) is 4.49. The molecule has 4 N–H and O–H groups in total. The van der Waals surface area contributed by atoms with E-state index in [1.807, 2.05) is 12.1 Å². The third-order valence-corrected chi connectivity index (χ3v) is 3.25. The molecule has 0 spiro atoms. The molecule has 0 amide bonds. The fraction of sp³-hybridized carbons (Fsp3) is 0.0714. The molecule has 2 heterocycles. The number of fused-ring (bicyclic) bond motifs is 1. The monoisotopic (exact) mass is 282 g/mol. The number of nitriles is 1. The molecular weight excluding hydrogens is 272 g/mol. The summed E-state index contributed by atoms with van der Waals surface area (Å²) in [5.74, 6) is -0.838. The zero-order chi connectivity index (χ0) is 15.0. The molecule has 7 heteroatoms. The minimum Gasteiger partial charge on any atom is -0.424 e. The second-order valence-corrected chi connectivity index (χ2v) is 4.49. The Morgan fingerprint density at radius 2 is 1.90 bits per heavy atom. The van der Waals surface area contributed by atoms with Crippen molar-refractivity contribution in [2.45, 2.75) is 5.92 Å². The van der Waals surface area contributed by atoms with Crippen LogP contribution in [0.3, 0.4) is 0 Å². The van der Waals surface area contributed by atoms with Gasteiger partial charge in [-0.05, 0) is 5.56 Å². The van der Waals surface area contributed by atoms with E-state index in [4.69, 9.17) is 10.5 Å². The van der Waals surface area contributed by atoms with Gasteiger partial charge in [-0.2, -0.15) is 5.26 Å². The zero-order valence-corrected chi connectivity index (χ0v) is 10.7. The lowest BCUT2D eigenvalue weighted by atomic mass is 9.85. The number of aromatic nitrogens is 2. The topological polar surface area (TPSA) is 125 Å². The van der Waals surface area contributed by atoms with E-state index in [2.05, 4.69) is 9.97 Å². The number of hydrogen-bond donors (Lipinski definition) is 3. The highest BCUT2D eigenvalue weighted by Crippen LogP contribution is 2.38. The minimum absolute atomic E-state index is 0.0332. The van der Waals surface area contributed by atoms with Gasteiger partial charge in [-0.3, -0.25) is 14.8 Å². The van der Waals surface area contributed by atoms with E-state index in [0.717, 1.165) is 0 Å². The van der Waals surface area contributed by atoms with Crippen molar-refractivity contribution in [3.63, 3.8) is 0 Å². The molecule has 1 aromatic heterocycles. The second kappa shape index (κ2) is 4.68.